The highest BCUT2D eigenvalue weighted by Crippen LogP contribution is 2.24. The molecule has 0 aromatic heterocycles. The molecular formula is C24H32N4O7S. The number of nitrogens with zero attached hydrogens (tertiary/aromatic N) is 3. The maximum absolute atomic E-state index is 13.5. The number of hydrogen-bond donors (Lipinski definition) is 1. The standard InChI is InChI=1S/C24H32N4O7S/c1-17(2)14-25-24(30)18(3)26(15-19-8-6-11-22(12-19)35-4)23(29)16-27(36(5,33)34)20-9-7-10-21(13-20)28(31)32/h6-13,17-18H,14-16H2,1-5H3,(H,25,30)/t18-/m1/s1. The van der Waals surface area contributed by atoms with E-state index in [2.05, 4.69) is 5.32 Å². The number of hydrogen-bond acceptors (Lipinski definition) is 7. The summed E-state index contributed by atoms with van der Waals surface area (Å²) in [5.74, 6) is -0.285. The molecule has 0 aliphatic heterocycles. The van der Waals surface area contributed by atoms with E-state index >= 15 is 0 Å². The van der Waals surface area contributed by atoms with Crippen LogP contribution in [-0.2, 0) is 26.2 Å². The van der Waals surface area contributed by atoms with Gasteiger partial charge in [0.05, 0.1) is 24.0 Å². The molecule has 0 saturated heterocycles. The van der Waals surface area contributed by atoms with Gasteiger partial charge in [0, 0.05) is 25.2 Å². The first kappa shape index (κ1) is 28.6. The molecule has 0 spiro atoms. The number of benzene rings is 2. The molecular weight excluding hydrogens is 488 g/mol. The van der Waals surface area contributed by atoms with Crippen molar-refractivity contribution in [3.05, 3.63) is 64.2 Å². The molecule has 0 radical (unpaired) electrons. The highest BCUT2D eigenvalue weighted by atomic mass is 32.2. The van der Waals surface area contributed by atoms with Gasteiger partial charge in [-0.1, -0.05) is 32.0 Å². The molecule has 0 fully saturated rings. The Morgan fingerprint density at radius 1 is 1.11 bits per heavy atom. The van der Waals surface area contributed by atoms with Crippen molar-refractivity contribution in [1.29, 1.82) is 0 Å². The van der Waals surface area contributed by atoms with Crippen LogP contribution < -0.4 is 14.4 Å². The first-order valence-corrected chi connectivity index (χ1v) is 13.1. The number of methoxy groups -OCH3 is 1. The van der Waals surface area contributed by atoms with Gasteiger partial charge in [-0.05, 0) is 36.6 Å². The molecule has 0 heterocycles. The Kier molecular flexibility index (Phi) is 9.79. The average Bonchev–Trinajstić information content (AvgIpc) is 2.83. The number of anilines is 1. The topological polar surface area (TPSA) is 139 Å². The second-order valence-corrected chi connectivity index (χ2v) is 10.6. The van der Waals surface area contributed by atoms with Crippen molar-refractivity contribution in [1.82, 2.24) is 10.2 Å². The second-order valence-electron chi connectivity index (χ2n) is 8.73. The SMILES string of the molecule is COc1cccc(CN(C(=O)CN(c2cccc([N+](=O)[O-])c2)S(C)(=O)=O)[C@H](C)C(=O)NCC(C)C)c1. The van der Waals surface area contributed by atoms with Crippen molar-refractivity contribution in [3.63, 3.8) is 0 Å². The molecule has 36 heavy (non-hydrogen) atoms. The molecule has 1 atom stereocenters. The lowest BCUT2D eigenvalue weighted by molar-refractivity contribution is -0.384. The third kappa shape index (κ3) is 7.94. The van der Waals surface area contributed by atoms with Crippen LogP contribution >= 0.6 is 0 Å². The zero-order valence-corrected chi connectivity index (χ0v) is 21.8. The molecule has 0 aliphatic rings. The van der Waals surface area contributed by atoms with E-state index in [-0.39, 0.29) is 29.7 Å². The van der Waals surface area contributed by atoms with Gasteiger partial charge in [-0.3, -0.25) is 24.0 Å². The van der Waals surface area contributed by atoms with Crippen molar-refractivity contribution in [2.45, 2.75) is 33.4 Å². The summed E-state index contributed by atoms with van der Waals surface area (Å²) in [5, 5.41) is 14.0. The summed E-state index contributed by atoms with van der Waals surface area (Å²) in [6.07, 6.45) is 0.907. The number of sulfonamides is 1. The minimum absolute atomic E-state index is 0.0127. The Bertz CT molecular complexity index is 1200. The Labute approximate surface area is 211 Å². The Morgan fingerprint density at radius 3 is 2.36 bits per heavy atom. The highest BCUT2D eigenvalue weighted by Gasteiger charge is 2.30. The van der Waals surface area contributed by atoms with Crippen LogP contribution in [0.4, 0.5) is 11.4 Å². The van der Waals surface area contributed by atoms with Crippen LogP contribution in [0, 0.1) is 16.0 Å². The van der Waals surface area contributed by atoms with E-state index in [0.717, 1.165) is 16.6 Å². The number of nitro groups is 1. The number of rotatable bonds is 12. The second kappa shape index (κ2) is 12.3. The molecule has 2 amide bonds. The zero-order chi connectivity index (χ0) is 27.0. The maximum atomic E-state index is 13.5. The third-order valence-electron chi connectivity index (χ3n) is 5.35. The predicted molar refractivity (Wildman–Crippen MR) is 136 cm³/mol. The predicted octanol–water partition coefficient (Wildman–Crippen LogP) is 2.56. The molecule has 12 heteroatoms. The van der Waals surface area contributed by atoms with Crippen LogP contribution in [0.5, 0.6) is 5.75 Å². The number of carbonyl (C=O) groups is 2. The first-order valence-electron chi connectivity index (χ1n) is 11.3. The van der Waals surface area contributed by atoms with E-state index in [1.54, 1.807) is 31.2 Å². The average molecular weight is 521 g/mol. The Morgan fingerprint density at radius 2 is 1.78 bits per heavy atom. The van der Waals surface area contributed by atoms with Crippen molar-refractivity contribution in [2.24, 2.45) is 5.92 Å². The molecule has 2 aromatic rings. The van der Waals surface area contributed by atoms with E-state index in [9.17, 15) is 28.1 Å². The molecule has 0 aliphatic carbocycles. The molecule has 1 N–H and O–H groups in total. The lowest BCUT2D eigenvalue weighted by Gasteiger charge is -2.31. The summed E-state index contributed by atoms with van der Waals surface area (Å²) in [6, 6.07) is 11.0. The largest absolute Gasteiger partial charge is 0.497 e. The molecule has 0 unspecified atom stereocenters. The molecule has 2 rings (SSSR count). The number of carbonyl (C=O) groups excluding carboxylic acids is 2. The van der Waals surface area contributed by atoms with Crippen LogP contribution in [0.15, 0.2) is 48.5 Å². The van der Waals surface area contributed by atoms with Crippen LogP contribution in [-0.4, -0.2) is 62.6 Å². The number of amides is 2. The van der Waals surface area contributed by atoms with Gasteiger partial charge < -0.3 is 15.0 Å². The summed E-state index contributed by atoms with van der Waals surface area (Å²) < 4.78 is 31.2. The summed E-state index contributed by atoms with van der Waals surface area (Å²) >= 11 is 0. The van der Waals surface area contributed by atoms with Crippen LogP contribution in [0.25, 0.3) is 0 Å². The minimum Gasteiger partial charge on any atom is -0.497 e. The Hall–Kier alpha value is -3.67. The van der Waals surface area contributed by atoms with Gasteiger partial charge in [-0.15, -0.1) is 0 Å². The van der Waals surface area contributed by atoms with Crippen molar-refractivity contribution in [3.8, 4) is 5.75 Å². The van der Waals surface area contributed by atoms with Gasteiger partial charge in [0.2, 0.25) is 21.8 Å². The summed E-state index contributed by atoms with van der Waals surface area (Å²) in [6.45, 7) is 5.21. The molecule has 0 bridgehead atoms. The van der Waals surface area contributed by atoms with Gasteiger partial charge in [-0.25, -0.2) is 8.42 Å². The van der Waals surface area contributed by atoms with Crippen molar-refractivity contribution in [2.75, 3.05) is 30.8 Å². The maximum Gasteiger partial charge on any atom is 0.271 e. The van der Waals surface area contributed by atoms with Crippen LogP contribution in [0.1, 0.15) is 26.3 Å². The Balaban J connectivity index is 2.42. The van der Waals surface area contributed by atoms with Gasteiger partial charge >= 0.3 is 0 Å². The van der Waals surface area contributed by atoms with Gasteiger partial charge in [0.1, 0.15) is 18.3 Å². The smallest absolute Gasteiger partial charge is 0.271 e. The van der Waals surface area contributed by atoms with E-state index in [1.807, 2.05) is 13.8 Å². The highest BCUT2D eigenvalue weighted by molar-refractivity contribution is 7.92. The molecule has 196 valence electrons. The molecule has 0 saturated carbocycles. The monoisotopic (exact) mass is 520 g/mol. The van der Waals surface area contributed by atoms with E-state index < -0.39 is 33.4 Å². The summed E-state index contributed by atoms with van der Waals surface area (Å²) in [4.78, 5) is 38.2. The van der Waals surface area contributed by atoms with Gasteiger partial charge in [-0.2, -0.15) is 0 Å². The van der Waals surface area contributed by atoms with Crippen LogP contribution in [0.2, 0.25) is 0 Å². The fraction of sp³-hybridized carbons (Fsp3) is 0.417. The first-order chi connectivity index (χ1) is 16.8. The van der Waals surface area contributed by atoms with Gasteiger partial charge in [0.25, 0.3) is 5.69 Å². The lowest BCUT2D eigenvalue weighted by atomic mass is 10.1. The van der Waals surface area contributed by atoms with E-state index in [0.29, 0.717) is 17.9 Å². The van der Waals surface area contributed by atoms with Crippen LogP contribution in [0.3, 0.4) is 0 Å². The normalized spacial score (nSPS) is 12.1. The number of nitro benzene ring substituents is 1. The fourth-order valence-electron chi connectivity index (χ4n) is 3.38. The molecule has 11 nitrogen and oxygen atoms in total. The number of ether oxygens (including phenoxy) is 1. The molecule has 2 aromatic carbocycles. The zero-order valence-electron chi connectivity index (χ0n) is 21.0. The number of nitrogens with one attached hydrogen (secondary N) is 1. The number of non-ortho nitro benzene ring substituents is 1. The summed E-state index contributed by atoms with van der Waals surface area (Å²) in [7, 11) is -2.49. The third-order valence-corrected chi connectivity index (χ3v) is 6.49. The summed E-state index contributed by atoms with van der Waals surface area (Å²) in [5.41, 5.74) is 0.328. The van der Waals surface area contributed by atoms with E-state index in [4.69, 9.17) is 4.74 Å². The van der Waals surface area contributed by atoms with Crippen molar-refractivity contribution >= 4 is 33.2 Å². The van der Waals surface area contributed by atoms with Gasteiger partial charge in [0.15, 0.2) is 0 Å². The minimum atomic E-state index is -4.00. The fourth-order valence-corrected chi connectivity index (χ4v) is 4.22. The van der Waals surface area contributed by atoms with Crippen molar-refractivity contribution < 1.29 is 27.7 Å². The van der Waals surface area contributed by atoms with E-state index in [1.165, 1.54) is 30.2 Å². The quantitative estimate of drug-likeness (QED) is 0.335. The lowest BCUT2D eigenvalue weighted by Crippen LogP contribution is -2.51.